The summed E-state index contributed by atoms with van der Waals surface area (Å²) in [4.78, 5) is 26.2. The predicted molar refractivity (Wildman–Crippen MR) is 159 cm³/mol. The highest BCUT2D eigenvalue weighted by atomic mass is 16.3. The van der Waals surface area contributed by atoms with Gasteiger partial charge in [0.2, 0.25) is 11.8 Å². The number of amides is 2. The fourth-order valence-electron chi connectivity index (χ4n) is 4.61. The zero-order valence-corrected chi connectivity index (χ0v) is 23.8. The van der Waals surface area contributed by atoms with Crippen molar-refractivity contribution in [2.45, 2.75) is 77.3 Å². The largest absolute Gasteiger partial charge is 0.392 e. The molecule has 0 aromatic heterocycles. The van der Waals surface area contributed by atoms with E-state index < -0.39 is 17.7 Å². The van der Waals surface area contributed by atoms with Gasteiger partial charge < -0.3 is 26.2 Å². The standard InChI is InChI=1S/C33H43N3O4/c1-24(38)21-35-33(2,3)20-31(39)36-30(15-9-12-25-10-5-4-6-11-25)32(40)34-22-26-16-18-27(19-17-26)29-14-8-7-13-28(29)23-37/h4-8,10-11,13-14,16-19,24,30,35,37-38H,9,12,15,20-23H2,1-3H3,(H,34,40)(H,36,39)/t24-,30-/m1/s1. The molecule has 214 valence electrons. The zero-order valence-electron chi connectivity index (χ0n) is 23.8. The fourth-order valence-corrected chi connectivity index (χ4v) is 4.61. The summed E-state index contributed by atoms with van der Waals surface area (Å²) in [6, 6.07) is 25.1. The summed E-state index contributed by atoms with van der Waals surface area (Å²) in [6.07, 6.45) is 1.76. The Labute approximate surface area is 238 Å². The first-order chi connectivity index (χ1) is 19.2. The van der Waals surface area contributed by atoms with E-state index in [1.54, 1.807) is 6.92 Å². The van der Waals surface area contributed by atoms with Gasteiger partial charge in [-0.15, -0.1) is 0 Å². The summed E-state index contributed by atoms with van der Waals surface area (Å²) in [5.41, 5.74) is 4.45. The van der Waals surface area contributed by atoms with Crippen LogP contribution in [0.5, 0.6) is 0 Å². The van der Waals surface area contributed by atoms with Crippen molar-refractivity contribution in [2.75, 3.05) is 6.54 Å². The Hall–Kier alpha value is -3.52. The second kappa shape index (κ2) is 15.3. The van der Waals surface area contributed by atoms with E-state index in [2.05, 4.69) is 28.1 Å². The van der Waals surface area contributed by atoms with Gasteiger partial charge in [0.05, 0.1) is 12.7 Å². The second-order valence-electron chi connectivity index (χ2n) is 11.0. The second-order valence-corrected chi connectivity index (χ2v) is 11.0. The summed E-state index contributed by atoms with van der Waals surface area (Å²) >= 11 is 0. The first-order valence-corrected chi connectivity index (χ1v) is 14.0. The Morgan fingerprint density at radius 1 is 0.900 bits per heavy atom. The minimum absolute atomic E-state index is 0.0286. The van der Waals surface area contributed by atoms with Gasteiger partial charge in [0, 0.05) is 25.0 Å². The Balaban J connectivity index is 1.61. The monoisotopic (exact) mass is 545 g/mol. The van der Waals surface area contributed by atoms with Gasteiger partial charge in [-0.2, -0.15) is 0 Å². The summed E-state index contributed by atoms with van der Waals surface area (Å²) in [5, 5.41) is 28.4. The Kier molecular flexibility index (Phi) is 11.9. The number of aryl methyl sites for hydroxylation is 1. The molecule has 7 nitrogen and oxygen atoms in total. The van der Waals surface area contributed by atoms with E-state index in [0.29, 0.717) is 19.5 Å². The van der Waals surface area contributed by atoms with Gasteiger partial charge in [-0.25, -0.2) is 0 Å². The van der Waals surface area contributed by atoms with Crippen LogP contribution in [-0.2, 0) is 29.2 Å². The molecular weight excluding hydrogens is 502 g/mol. The van der Waals surface area contributed by atoms with Gasteiger partial charge in [0.15, 0.2) is 0 Å². The molecule has 0 bridgehead atoms. The van der Waals surface area contributed by atoms with E-state index in [-0.39, 0.29) is 24.8 Å². The first kappa shape index (κ1) is 31.0. The van der Waals surface area contributed by atoms with Crippen LogP contribution in [0.2, 0.25) is 0 Å². The van der Waals surface area contributed by atoms with E-state index in [1.165, 1.54) is 5.56 Å². The Morgan fingerprint density at radius 2 is 1.57 bits per heavy atom. The maximum atomic E-state index is 13.2. The number of hydrogen-bond acceptors (Lipinski definition) is 5. The van der Waals surface area contributed by atoms with Crippen molar-refractivity contribution < 1.29 is 19.8 Å². The van der Waals surface area contributed by atoms with Crippen LogP contribution >= 0.6 is 0 Å². The number of β-amino-alcohol motifs (C(OH)–C–C–N with tert-alkyl or cyclic N) is 1. The number of carbonyl (C=O) groups excluding carboxylic acids is 2. The zero-order chi connectivity index (χ0) is 29.0. The van der Waals surface area contributed by atoms with Crippen LogP contribution in [0.3, 0.4) is 0 Å². The molecule has 7 heteroatoms. The highest BCUT2D eigenvalue weighted by Gasteiger charge is 2.26. The van der Waals surface area contributed by atoms with Gasteiger partial charge in [-0.05, 0) is 67.9 Å². The molecule has 0 saturated carbocycles. The lowest BCUT2D eigenvalue weighted by molar-refractivity contribution is -0.130. The molecule has 0 spiro atoms. The van der Waals surface area contributed by atoms with Crippen LogP contribution < -0.4 is 16.0 Å². The Morgan fingerprint density at radius 3 is 2.25 bits per heavy atom. The number of nitrogens with one attached hydrogen (secondary N) is 3. The molecule has 0 unspecified atom stereocenters. The maximum absolute atomic E-state index is 13.2. The molecule has 2 atom stereocenters. The van der Waals surface area contributed by atoms with E-state index in [9.17, 15) is 19.8 Å². The molecule has 0 radical (unpaired) electrons. The quantitative estimate of drug-likeness (QED) is 0.197. The van der Waals surface area contributed by atoms with E-state index in [1.807, 2.05) is 80.6 Å². The molecule has 0 saturated heterocycles. The van der Waals surface area contributed by atoms with Crippen LogP contribution in [-0.4, -0.2) is 46.3 Å². The van der Waals surface area contributed by atoms with Crippen molar-refractivity contribution in [3.05, 3.63) is 95.6 Å². The lowest BCUT2D eigenvalue weighted by atomic mass is 9.98. The molecule has 0 aliphatic carbocycles. The third-order valence-electron chi connectivity index (χ3n) is 6.85. The number of aliphatic hydroxyl groups is 2. The van der Waals surface area contributed by atoms with Crippen LogP contribution in [0.15, 0.2) is 78.9 Å². The van der Waals surface area contributed by atoms with Crippen molar-refractivity contribution in [1.82, 2.24) is 16.0 Å². The van der Waals surface area contributed by atoms with Gasteiger partial charge in [-0.1, -0.05) is 78.9 Å². The van der Waals surface area contributed by atoms with Crippen LogP contribution in [0.1, 0.15) is 56.7 Å². The van der Waals surface area contributed by atoms with Crippen LogP contribution in [0.25, 0.3) is 11.1 Å². The van der Waals surface area contributed by atoms with Crippen molar-refractivity contribution in [2.24, 2.45) is 0 Å². The lowest BCUT2D eigenvalue weighted by Crippen LogP contribution is -2.51. The molecule has 0 aliphatic rings. The average Bonchev–Trinajstić information content (AvgIpc) is 2.95. The third kappa shape index (κ3) is 10.2. The van der Waals surface area contributed by atoms with Crippen LogP contribution in [0.4, 0.5) is 0 Å². The highest BCUT2D eigenvalue weighted by molar-refractivity contribution is 5.88. The minimum atomic E-state index is -0.653. The number of aliphatic hydroxyl groups excluding tert-OH is 2. The van der Waals surface area contributed by atoms with E-state index in [0.717, 1.165) is 35.1 Å². The molecule has 3 aromatic carbocycles. The third-order valence-corrected chi connectivity index (χ3v) is 6.85. The van der Waals surface area contributed by atoms with Crippen molar-refractivity contribution in [1.29, 1.82) is 0 Å². The van der Waals surface area contributed by atoms with Crippen molar-refractivity contribution >= 4 is 11.8 Å². The van der Waals surface area contributed by atoms with Gasteiger partial charge in [0.1, 0.15) is 6.04 Å². The lowest BCUT2D eigenvalue weighted by Gasteiger charge is -2.28. The molecular formula is C33H43N3O4. The average molecular weight is 546 g/mol. The molecule has 0 fully saturated rings. The molecule has 40 heavy (non-hydrogen) atoms. The van der Waals surface area contributed by atoms with Crippen molar-refractivity contribution in [3.63, 3.8) is 0 Å². The predicted octanol–water partition coefficient (Wildman–Crippen LogP) is 4.11. The minimum Gasteiger partial charge on any atom is -0.392 e. The van der Waals surface area contributed by atoms with Gasteiger partial charge >= 0.3 is 0 Å². The molecule has 3 aromatic rings. The van der Waals surface area contributed by atoms with Crippen molar-refractivity contribution in [3.8, 4) is 11.1 Å². The fraction of sp³-hybridized carbons (Fsp3) is 0.394. The summed E-state index contributed by atoms with van der Waals surface area (Å²) < 4.78 is 0. The molecule has 0 aliphatic heterocycles. The summed E-state index contributed by atoms with van der Waals surface area (Å²) in [7, 11) is 0. The molecule has 5 N–H and O–H groups in total. The normalized spacial score (nSPS) is 12.9. The number of benzene rings is 3. The smallest absolute Gasteiger partial charge is 0.242 e. The van der Waals surface area contributed by atoms with E-state index >= 15 is 0 Å². The number of hydrogen-bond donors (Lipinski definition) is 5. The topological polar surface area (TPSA) is 111 Å². The molecule has 3 rings (SSSR count). The highest BCUT2D eigenvalue weighted by Crippen LogP contribution is 2.24. The van der Waals surface area contributed by atoms with Gasteiger partial charge in [0.25, 0.3) is 0 Å². The van der Waals surface area contributed by atoms with Crippen LogP contribution in [0, 0.1) is 0 Å². The summed E-state index contributed by atoms with van der Waals surface area (Å²) in [6.45, 7) is 6.19. The maximum Gasteiger partial charge on any atom is 0.242 e. The Bertz CT molecular complexity index is 1210. The summed E-state index contributed by atoms with van der Waals surface area (Å²) in [5.74, 6) is -0.430. The number of carbonyl (C=O) groups is 2. The molecule has 0 heterocycles. The van der Waals surface area contributed by atoms with Gasteiger partial charge in [-0.3, -0.25) is 9.59 Å². The SMILES string of the molecule is C[C@@H](O)CNC(C)(C)CC(=O)N[C@H](CCCc1ccccc1)C(=O)NCc1ccc(-c2ccccc2CO)cc1. The van der Waals surface area contributed by atoms with E-state index in [4.69, 9.17) is 0 Å². The number of rotatable bonds is 15. The molecule has 2 amide bonds. The first-order valence-electron chi connectivity index (χ1n) is 14.0.